The van der Waals surface area contributed by atoms with Gasteiger partial charge in [0.1, 0.15) is 0 Å². The van der Waals surface area contributed by atoms with Gasteiger partial charge in [-0.1, -0.05) is 41.0 Å². The molecule has 0 rings (SSSR count). The van der Waals surface area contributed by atoms with E-state index in [4.69, 9.17) is 0 Å². The molecule has 0 fully saturated rings. The molecule has 0 spiro atoms. The summed E-state index contributed by atoms with van der Waals surface area (Å²) in [5, 5.41) is 13.1. The quantitative estimate of drug-likeness (QED) is 0.511. The molecule has 21 heavy (non-hydrogen) atoms. The van der Waals surface area contributed by atoms with Crippen LogP contribution < -0.4 is 5.32 Å². The summed E-state index contributed by atoms with van der Waals surface area (Å²) in [7, 11) is 0. The van der Waals surface area contributed by atoms with Crippen LogP contribution >= 0.6 is 0 Å². The molecule has 128 valence electrons. The van der Waals surface area contributed by atoms with Gasteiger partial charge in [0.2, 0.25) is 0 Å². The van der Waals surface area contributed by atoms with Crippen molar-refractivity contribution >= 4 is 0 Å². The highest BCUT2D eigenvalue weighted by molar-refractivity contribution is 4.82. The highest BCUT2D eigenvalue weighted by Gasteiger charge is 2.21. The van der Waals surface area contributed by atoms with E-state index in [1.807, 2.05) is 0 Å². The SMILES string of the molecule is CCCNC(C)(CO)CCCCN(CC(C)C)CC(C)C. The fourth-order valence-corrected chi connectivity index (χ4v) is 2.79. The van der Waals surface area contributed by atoms with Gasteiger partial charge in [-0.3, -0.25) is 0 Å². The summed E-state index contributed by atoms with van der Waals surface area (Å²) in [5.74, 6) is 1.47. The number of hydrogen-bond acceptors (Lipinski definition) is 3. The zero-order chi connectivity index (χ0) is 16.3. The lowest BCUT2D eigenvalue weighted by Gasteiger charge is -2.30. The minimum atomic E-state index is -0.100. The lowest BCUT2D eigenvalue weighted by Crippen LogP contribution is -2.46. The number of unbranched alkanes of at least 4 members (excludes halogenated alkanes) is 1. The Morgan fingerprint density at radius 1 is 1.05 bits per heavy atom. The molecule has 0 aromatic heterocycles. The van der Waals surface area contributed by atoms with Crippen LogP contribution in [0.1, 0.15) is 67.2 Å². The van der Waals surface area contributed by atoms with E-state index >= 15 is 0 Å². The van der Waals surface area contributed by atoms with Gasteiger partial charge in [-0.05, 0) is 51.1 Å². The number of aliphatic hydroxyl groups excluding tert-OH is 1. The smallest absolute Gasteiger partial charge is 0.0610 e. The van der Waals surface area contributed by atoms with Crippen molar-refractivity contribution < 1.29 is 5.11 Å². The first-order valence-electron chi connectivity index (χ1n) is 8.91. The van der Waals surface area contributed by atoms with Crippen LogP contribution in [-0.4, -0.2) is 48.3 Å². The van der Waals surface area contributed by atoms with Crippen LogP contribution in [0.4, 0.5) is 0 Å². The van der Waals surface area contributed by atoms with E-state index in [2.05, 4.69) is 51.8 Å². The lowest BCUT2D eigenvalue weighted by molar-refractivity contribution is 0.158. The standard InChI is InChI=1S/C18H40N2O/c1-7-11-19-18(6,15-21)10-8-9-12-20(13-16(2)3)14-17(4)5/h16-17,19,21H,7-15H2,1-6H3. The Bertz CT molecular complexity index is 233. The summed E-state index contributed by atoms with van der Waals surface area (Å²) in [6, 6.07) is 0. The maximum atomic E-state index is 9.59. The number of nitrogens with one attached hydrogen (secondary N) is 1. The summed E-state index contributed by atoms with van der Waals surface area (Å²) in [6.45, 7) is 18.3. The molecule has 3 nitrogen and oxygen atoms in total. The lowest BCUT2D eigenvalue weighted by atomic mass is 9.95. The Morgan fingerprint density at radius 3 is 2.05 bits per heavy atom. The van der Waals surface area contributed by atoms with E-state index < -0.39 is 0 Å². The monoisotopic (exact) mass is 300 g/mol. The fraction of sp³-hybridized carbons (Fsp3) is 1.00. The van der Waals surface area contributed by atoms with Gasteiger partial charge in [0.15, 0.2) is 0 Å². The molecule has 0 aromatic carbocycles. The summed E-state index contributed by atoms with van der Waals surface area (Å²) >= 11 is 0. The summed E-state index contributed by atoms with van der Waals surface area (Å²) in [6.07, 6.45) is 4.58. The molecular formula is C18H40N2O. The first-order valence-corrected chi connectivity index (χ1v) is 8.91. The molecule has 0 heterocycles. The molecule has 1 unspecified atom stereocenters. The van der Waals surface area contributed by atoms with Crippen molar-refractivity contribution in [1.29, 1.82) is 0 Å². The van der Waals surface area contributed by atoms with Crippen LogP contribution in [0.2, 0.25) is 0 Å². The Balaban J connectivity index is 4.06. The van der Waals surface area contributed by atoms with Gasteiger partial charge in [0.05, 0.1) is 6.61 Å². The van der Waals surface area contributed by atoms with Crippen LogP contribution in [0.25, 0.3) is 0 Å². The van der Waals surface area contributed by atoms with Crippen molar-refractivity contribution in [3.8, 4) is 0 Å². The third-order valence-electron chi connectivity index (χ3n) is 3.85. The minimum absolute atomic E-state index is 0.100. The van der Waals surface area contributed by atoms with Gasteiger partial charge in [-0.25, -0.2) is 0 Å². The van der Waals surface area contributed by atoms with E-state index in [9.17, 15) is 5.11 Å². The minimum Gasteiger partial charge on any atom is -0.394 e. The third-order valence-corrected chi connectivity index (χ3v) is 3.85. The molecule has 0 aliphatic carbocycles. The number of rotatable bonds is 13. The first-order chi connectivity index (χ1) is 9.83. The van der Waals surface area contributed by atoms with Crippen molar-refractivity contribution in [2.24, 2.45) is 11.8 Å². The maximum absolute atomic E-state index is 9.59. The number of nitrogens with zero attached hydrogens (tertiary/aromatic N) is 1. The molecule has 1 atom stereocenters. The predicted molar refractivity (Wildman–Crippen MR) is 93.8 cm³/mol. The van der Waals surface area contributed by atoms with Crippen LogP contribution in [-0.2, 0) is 0 Å². The van der Waals surface area contributed by atoms with Gasteiger partial charge < -0.3 is 15.3 Å². The molecule has 0 saturated heterocycles. The van der Waals surface area contributed by atoms with Crippen molar-refractivity contribution in [2.45, 2.75) is 72.8 Å². The van der Waals surface area contributed by atoms with Crippen molar-refractivity contribution in [3.63, 3.8) is 0 Å². The van der Waals surface area contributed by atoms with E-state index in [1.165, 1.54) is 32.5 Å². The van der Waals surface area contributed by atoms with Gasteiger partial charge >= 0.3 is 0 Å². The maximum Gasteiger partial charge on any atom is 0.0610 e. The largest absolute Gasteiger partial charge is 0.394 e. The van der Waals surface area contributed by atoms with Gasteiger partial charge in [0.25, 0.3) is 0 Å². The van der Waals surface area contributed by atoms with Gasteiger partial charge in [-0.2, -0.15) is 0 Å². The Hall–Kier alpha value is -0.120. The van der Waals surface area contributed by atoms with Crippen LogP contribution in [0.15, 0.2) is 0 Å². The number of aliphatic hydroxyl groups is 1. The van der Waals surface area contributed by atoms with Crippen molar-refractivity contribution in [2.75, 3.05) is 32.8 Å². The molecule has 2 N–H and O–H groups in total. The molecular weight excluding hydrogens is 260 g/mol. The zero-order valence-corrected chi connectivity index (χ0v) is 15.4. The molecule has 0 bridgehead atoms. The second-order valence-electron chi connectivity index (χ2n) is 7.65. The van der Waals surface area contributed by atoms with Crippen LogP contribution in [0.3, 0.4) is 0 Å². The first kappa shape index (κ1) is 20.9. The molecule has 0 aromatic rings. The fourth-order valence-electron chi connectivity index (χ4n) is 2.79. The normalized spacial score (nSPS) is 15.1. The molecule has 0 amide bonds. The average molecular weight is 301 g/mol. The highest BCUT2D eigenvalue weighted by atomic mass is 16.3. The molecule has 0 aliphatic heterocycles. The number of hydrogen-bond donors (Lipinski definition) is 2. The second-order valence-corrected chi connectivity index (χ2v) is 7.65. The Kier molecular flexibility index (Phi) is 11.4. The van der Waals surface area contributed by atoms with E-state index in [1.54, 1.807) is 0 Å². The van der Waals surface area contributed by atoms with Crippen LogP contribution in [0.5, 0.6) is 0 Å². The molecule has 3 heteroatoms. The molecule has 0 aliphatic rings. The Labute approximate surface area is 133 Å². The van der Waals surface area contributed by atoms with Crippen LogP contribution in [0, 0.1) is 11.8 Å². The average Bonchev–Trinajstić information content (AvgIpc) is 2.40. The predicted octanol–water partition coefficient (Wildman–Crippen LogP) is 3.52. The van der Waals surface area contributed by atoms with E-state index in [0.29, 0.717) is 0 Å². The summed E-state index contributed by atoms with van der Waals surface area (Å²) < 4.78 is 0. The Morgan fingerprint density at radius 2 is 1.62 bits per heavy atom. The summed E-state index contributed by atoms with van der Waals surface area (Å²) in [5.41, 5.74) is -0.100. The summed E-state index contributed by atoms with van der Waals surface area (Å²) in [4.78, 5) is 2.60. The highest BCUT2D eigenvalue weighted by Crippen LogP contribution is 2.14. The van der Waals surface area contributed by atoms with Crippen molar-refractivity contribution in [3.05, 3.63) is 0 Å². The van der Waals surface area contributed by atoms with Gasteiger partial charge in [-0.15, -0.1) is 0 Å². The van der Waals surface area contributed by atoms with E-state index in [-0.39, 0.29) is 12.1 Å². The van der Waals surface area contributed by atoms with Crippen molar-refractivity contribution in [1.82, 2.24) is 10.2 Å². The topological polar surface area (TPSA) is 35.5 Å². The third kappa shape index (κ3) is 11.1. The molecule has 0 saturated carbocycles. The zero-order valence-electron chi connectivity index (χ0n) is 15.4. The molecule has 0 radical (unpaired) electrons. The second kappa shape index (κ2) is 11.4. The van der Waals surface area contributed by atoms with Gasteiger partial charge in [0, 0.05) is 18.6 Å². The van der Waals surface area contributed by atoms with E-state index in [0.717, 1.165) is 31.2 Å².